The Balaban J connectivity index is 1.34. The Hall–Kier alpha value is -3.76. The number of nitrogens with one attached hydrogen (secondary N) is 3. The number of anilines is 1. The number of methoxy groups -OCH3 is 1. The third-order valence-electron chi connectivity index (χ3n) is 7.47. The number of carbonyl (C=O) groups is 2. The first-order valence-corrected chi connectivity index (χ1v) is 14.3. The smallest absolute Gasteiger partial charge is 0.251 e. The highest BCUT2D eigenvalue weighted by Gasteiger charge is 2.52. The molecule has 39 heavy (non-hydrogen) atoms. The molecule has 3 aromatic carbocycles. The van der Waals surface area contributed by atoms with Gasteiger partial charge < -0.3 is 15.4 Å². The molecule has 6 rings (SSSR count). The molecule has 3 saturated carbocycles. The molecule has 3 N–H and O–H groups in total. The molecule has 0 radical (unpaired) electrons. The predicted molar refractivity (Wildman–Crippen MR) is 144 cm³/mol. The molecule has 8 nitrogen and oxygen atoms in total. The Kier molecular flexibility index (Phi) is 7.42. The van der Waals surface area contributed by atoms with Crippen molar-refractivity contribution >= 4 is 27.5 Å². The summed E-state index contributed by atoms with van der Waals surface area (Å²) in [4.78, 5) is 26.2. The van der Waals surface area contributed by atoms with Crippen LogP contribution in [0.15, 0.2) is 77.7 Å². The van der Waals surface area contributed by atoms with Crippen LogP contribution in [0.4, 0.5) is 10.1 Å². The Morgan fingerprint density at radius 2 is 1.77 bits per heavy atom. The van der Waals surface area contributed by atoms with Crippen molar-refractivity contribution in [3.8, 4) is 5.75 Å². The first kappa shape index (κ1) is 26.8. The standard InChI is InChI=1S/C29H30FN3O5S/c1-38-25-16-23(11-12-26(25)39(36,37)33-29-14-13-20(17-29)18-29)31-28(35)24(15-19-5-3-2-4-6-19)32-27(34)21-7-9-22(30)10-8-21/h2-12,16,20,24,33H,13-15,17-18H2,1H3,(H,31,35)(H,32,34)/t20?,24-,29?/m0/s1. The van der Waals surface area contributed by atoms with E-state index in [-0.39, 0.29) is 28.2 Å². The van der Waals surface area contributed by atoms with Gasteiger partial charge in [-0.15, -0.1) is 0 Å². The molecular weight excluding hydrogens is 521 g/mol. The highest BCUT2D eigenvalue weighted by molar-refractivity contribution is 7.89. The molecule has 2 amide bonds. The third kappa shape index (κ3) is 5.97. The zero-order valence-electron chi connectivity index (χ0n) is 21.4. The number of benzene rings is 3. The lowest BCUT2D eigenvalue weighted by molar-refractivity contribution is -0.118. The summed E-state index contributed by atoms with van der Waals surface area (Å²) in [5.74, 6) is -0.809. The van der Waals surface area contributed by atoms with Gasteiger partial charge in [-0.3, -0.25) is 9.59 Å². The lowest BCUT2D eigenvalue weighted by Crippen LogP contribution is -2.51. The number of sulfonamides is 1. The van der Waals surface area contributed by atoms with Gasteiger partial charge in [0, 0.05) is 29.3 Å². The average Bonchev–Trinajstić information content (AvgIpc) is 3.49. The number of rotatable bonds is 10. The van der Waals surface area contributed by atoms with Gasteiger partial charge in [-0.1, -0.05) is 30.3 Å². The molecule has 2 bridgehead atoms. The molecule has 3 fully saturated rings. The van der Waals surface area contributed by atoms with E-state index in [1.807, 2.05) is 30.3 Å². The second-order valence-corrected chi connectivity index (χ2v) is 11.9. The molecule has 3 aromatic rings. The van der Waals surface area contributed by atoms with Crippen molar-refractivity contribution in [1.82, 2.24) is 10.0 Å². The van der Waals surface area contributed by atoms with Crippen molar-refractivity contribution in [2.45, 2.75) is 48.6 Å². The lowest BCUT2D eigenvalue weighted by atomic mass is 9.78. The Morgan fingerprint density at radius 1 is 1.05 bits per heavy atom. The molecule has 0 heterocycles. The van der Waals surface area contributed by atoms with E-state index in [2.05, 4.69) is 15.4 Å². The highest BCUT2D eigenvalue weighted by Crippen LogP contribution is 2.52. The summed E-state index contributed by atoms with van der Waals surface area (Å²) in [6, 6.07) is 17.6. The number of halogens is 1. The predicted octanol–water partition coefficient (Wildman–Crippen LogP) is 4.04. The Bertz CT molecular complexity index is 1470. The number of amides is 2. The number of carbonyl (C=O) groups excluding carboxylic acids is 2. The third-order valence-corrected chi connectivity index (χ3v) is 9.09. The molecular formula is C29H30FN3O5S. The Morgan fingerprint density at radius 3 is 2.41 bits per heavy atom. The molecule has 0 saturated heterocycles. The molecule has 10 heteroatoms. The molecule has 0 spiro atoms. The topological polar surface area (TPSA) is 114 Å². The van der Waals surface area contributed by atoms with Crippen LogP contribution >= 0.6 is 0 Å². The second-order valence-electron chi connectivity index (χ2n) is 10.3. The fraction of sp³-hybridized carbons (Fsp3) is 0.310. The van der Waals surface area contributed by atoms with Gasteiger partial charge in [0.2, 0.25) is 15.9 Å². The maximum absolute atomic E-state index is 13.3. The Labute approximate surface area is 227 Å². The number of fused-ring (bicyclic) bond motifs is 1. The maximum atomic E-state index is 13.3. The van der Waals surface area contributed by atoms with Gasteiger partial charge in [-0.2, -0.15) is 0 Å². The van der Waals surface area contributed by atoms with Crippen molar-refractivity contribution in [2.24, 2.45) is 5.92 Å². The first-order valence-electron chi connectivity index (χ1n) is 12.8. The zero-order valence-corrected chi connectivity index (χ0v) is 22.3. The van der Waals surface area contributed by atoms with E-state index < -0.39 is 33.7 Å². The van der Waals surface area contributed by atoms with E-state index in [9.17, 15) is 22.4 Å². The van der Waals surface area contributed by atoms with Crippen LogP contribution < -0.4 is 20.1 Å². The van der Waals surface area contributed by atoms with Crippen molar-refractivity contribution < 1.29 is 27.1 Å². The maximum Gasteiger partial charge on any atom is 0.251 e. The summed E-state index contributed by atoms with van der Waals surface area (Å²) in [7, 11) is -2.46. The summed E-state index contributed by atoms with van der Waals surface area (Å²) in [5, 5.41) is 5.49. The molecule has 3 aliphatic carbocycles. The van der Waals surface area contributed by atoms with Gasteiger partial charge in [0.1, 0.15) is 22.5 Å². The monoisotopic (exact) mass is 551 g/mol. The molecule has 204 valence electrons. The van der Waals surface area contributed by atoms with E-state index in [1.54, 1.807) is 0 Å². The second kappa shape index (κ2) is 10.8. The van der Waals surface area contributed by atoms with Crippen LogP contribution in [0, 0.1) is 11.7 Å². The average molecular weight is 552 g/mol. The van der Waals surface area contributed by atoms with Crippen LogP contribution in [0.1, 0.15) is 41.6 Å². The summed E-state index contributed by atoms with van der Waals surface area (Å²) in [6.45, 7) is 0. The van der Waals surface area contributed by atoms with E-state index in [4.69, 9.17) is 4.74 Å². The molecule has 0 aromatic heterocycles. The van der Waals surface area contributed by atoms with Crippen LogP contribution in [0.3, 0.4) is 0 Å². The fourth-order valence-corrected chi connectivity index (χ4v) is 7.11. The number of hydrogen-bond donors (Lipinski definition) is 3. The lowest BCUT2D eigenvalue weighted by Gasteiger charge is -2.38. The van der Waals surface area contributed by atoms with E-state index in [0.29, 0.717) is 11.6 Å². The van der Waals surface area contributed by atoms with Crippen molar-refractivity contribution in [3.05, 3.63) is 89.7 Å². The molecule has 1 atom stereocenters. The normalized spacial score (nSPS) is 20.5. The summed E-state index contributed by atoms with van der Waals surface area (Å²) in [5.41, 5.74) is 0.985. The summed E-state index contributed by atoms with van der Waals surface area (Å²) >= 11 is 0. The SMILES string of the molecule is COc1cc(NC(=O)[C@H](Cc2ccccc2)NC(=O)c2ccc(F)cc2)ccc1S(=O)(=O)NC12CCC(C1)C2. The minimum Gasteiger partial charge on any atom is -0.495 e. The number of ether oxygens (including phenoxy) is 1. The summed E-state index contributed by atoms with van der Waals surface area (Å²) in [6.07, 6.45) is 3.78. The van der Waals surface area contributed by atoms with Crippen LogP contribution in [0.25, 0.3) is 0 Å². The highest BCUT2D eigenvalue weighted by atomic mass is 32.2. The van der Waals surface area contributed by atoms with Crippen molar-refractivity contribution in [3.63, 3.8) is 0 Å². The van der Waals surface area contributed by atoms with Crippen LogP contribution in [0.5, 0.6) is 5.75 Å². The summed E-state index contributed by atoms with van der Waals surface area (Å²) < 4.78 is 47.9. The van der Waals surface area contributed by atoms with Crippen LogP contribution in [-0.2, 0) is 21.2 Å². The first-order chi connectivity index (χ1) is 18.7. The minimum absolute atomic E-state index is 0.00169. The van der Waals surface area contributed by atoms with Gasteiger partial charge in [-0.25, -0.2) is 17.5 Å². The quantitative estimate of drug-likeness (QED) is 0.352. The molecule has 3 aliphatic rings. The van der Waals surface area contributed by atoms with Gasteiger partial charge in [0.15, 0.2) is 0 Å². The number of hydrogen-bond acceptors (Lipinski definition) is 5. The zero-order chi connectivity index (χ0) is 27.6. The molecule has 0 aliphatic heterocycles. The minimum atomic E-state index is -3.83. The van der Waals surface area contributed by atoms with Crippen molar-refractivity contribution in [1.29, 1.82) is 0 Å². The van der Waals surface area contributed by atoms with E-state index >= 15 is 0 Å². The fourth-order valence-electron chi connectivity index (χ4n) is 5.51. The van der Waals surface area contributed by atoms with E-state index in [1.165, 1.54) is 49.6 Å². The van der Waals surface area contributed by atoms with Gasteiger partial charge in [0.05, 0.1) is 7.11 Å². The van der Waals surface area contributed by atoms with Gasteiger partial charge in [-0.05, 0) is 73.6 Å². The van der Waals surface area contributed by atoms with Gasteiger partial charge >= 0.3 is 0 Å². The van der Waals surface area contributed by atoms with Crippen molar-refractivity contribution in [2.75, 3.05) is 12.4 Å². The largest absolute Gasteiger partial charge is 0.495 e. The van der Waals surface area contributed by atoms with E-state index in [0.717, 1.165) is 31.2 Å². The molecule has 0 unspecified atom stereocenters. The van der Waals surface area contributed by atoms with Crippen LogP contribution in [-0.4, -0.2) is 38.9 Å². The van der Waals surface area contributed by atoms with Crippen LogP contribution in [0.2, 0.25) is 0 Å². The van der Waals surface area contributed by atoms with Gasteiger partial charge in [0.25, 0.3) is 5.91 Å².